The molecule has 3 amide bonds. The van der Waals surface area contributed by atoms with E-state index in [4.69, 9.17) is 11.5 Å². The van der Waals surface area contributed by atoms with Crippen molar-refractivity contribution in [1.29, 1.82) is 0 Å². The minimum absolute atomic E-state index is 0.165. The van der Waals surface area contributed by atoms with E-state index in [0.29, 0.717) is 32.2 Å². The summed E-state index contributed by atoms with van der Waals surface area (Å²) in [5.74, 6) is -3.06. The molecule has 1 heterocycles. The molecular weight excluding hydrogens is 406 g/mol. The predicted octanol–water partition coefficient (Wildman–Crippen LogP) is -1.48. The zero-order valence-corrected chi connectivity index (χ0v) is 18.5. The summed E-state index contributed by atoms with van der Waals surface area (Å²) >= 11 is 0. The first-order chi connectivity index (χ1) is 14.5. The summed E-state index contributed by atoms with van der Waals surface area (Å²) in [4.78, 5) is 50.9. The van der Waals surface area contributed by atoms with E-state index in [-0.39, 0.29) is 18.9 Å². The molecular formula is C20H37N5O6. The smallest absolute Gasteiger partial charge is 0.326 e. The van der Waals surface area contributed by atoms with Gasteiger partial charge in [0, 0.05) is 6.54 Å². The van der Waals surface area contributed by atoms with Crippen molar-refractivity contribution in [2.45, 2.75) is 83.1 Å². The number of carbonyl (C=O) groups is 4. The van der Waals surface area contributed by atoms with Crippen LogP contribution in [0.1, 0.15) is 52.9 Å². The van der Waals surface area contributed by atoms with Crippen LogP contribution in [0.25, 0.3) is 0 Å². The van der Waals surface area contributed by atoms with Crippen molar-refractivity contribution in [2.24, 2.45) is 17.4 Å². The minimum Gasteiger partial charge on any atom is -0.480 e. The standard InChI is InChI=1S/C20H37N5O6/c1-11(2)15(22)18(28)24-16(12(3)26)19(29)25-10-6-8-14(25)17(27)23-13(20(30)31)7-4-5-9-21/h11-16,26H,4-10,21-22H2,1-3H3,(H,23,27)(H,24,28)(H,30,31). The van der Waals surface area contributed by atoms with Gasteiger partial charge in [0.1, 0.15) is 18.1 Å². The number of hydrogen-bond acceptors (Lipinski definition) is 7. The lowest BCUT2D eigenvalue weighted by Crippen LogP contribution is -2.60. The maximum absolute atomic E-state index is 13.1. The van der Waals surface area contributed by atoms with Crippen molar-refractivity contribution in [3.63, 3.8) is 0 Å². The molecule has 0 aromatic heterocycles. The number of aliphatic hydroxyl groups is 1. The van der Waals surface area contributed by atoms with Gasteiger partial charge in [0.25, 0.3) is 0 Å². The van der Waals surface area contributed by atoms with Gasteiger partial charge in [-0.05, 0) is 51.5 Å². The molecule has 5 unspecified atom stereocenters. The normalized spacial score (nSPS) is 20.1. The maximum Gasteiger partial charge on any atom is 0.326 e. The number of likely N-dealkylation sites (tertiary alicyclic amines) is 1. The first-order valence-electron chi connectivity index (χ1n) is 10.8. The van der Waals surface area contributed by atoms with Crippen LogP contribution in [-0.2, 0) is 19.2 Å². The molecule has 0 aromatic rings. The number of carbonyl (C=O) groups excluding carboxylic acids is 3. The average molecular weight is 444 g/mol. The predicted molar refractivity (Wildman–Crippen MR) is 114 cm³/mol. The molecule has 11 nitrogen and oxygen atoms in total. The number of aliphatic carboxylic acids is 1. The number of rotatable bonds is 12. The van der Waals surface area contributed by atoms with Gasteiger partial charge >= 0.3 is 5.97 Å². The minimum atomic E-state index is -1.26. The molecule has 5 atom stereocenters. The highest BCUT2D eigenvalue weighted by Gasteiger charge is 2.40. The molecule has 1 aliphatic rings. The van der Waals surface area contributed by atoms with Gasteiger partial charge in [0.15, 0.2) is 0 Å². The van der Waals surface area contributed by atoms with E-state index in [1.54, 1.807) is 13.8 Å². The van der Waals surface area contributed by atoms with E-state index in [0.717, 1.165) is 0 Å². The van der Waals surface area contributed by atoms with Crippen LogP contribution in [0.15, 0.2) is 0 Å². The van der Waals surface area contributed by atoms with E-state index < -0.39 is 54.0 Å². The van der Waals surface area contributed by atoms with Crippen molar-refractivity contribution >= 4 is 23.7 Å². The van der Waals surface area contributed by atoms with Gasteiger partial charge in [-0.25, -0.2) is 4.79 Å². The first kappa shape index (κ1) is 26.8. The quantitative estimate of drug-likeness (QED) is 0.197. The second kappa shape index (κ2) is 12.6. The van der Waals surface area contributed by atoms with Gasteiger partial charge in [0.05, 0.1) is 12.1 Å². The lowest BCUT2D eigenvalue weighted by atomic mass is 10.0. The van der Waals surface area contributed by atoms with Gasteiger partial charge in [-0.2, -0.15) is 0 Å². The summed E-state index contributed by atoms with van der Waals surface area (Å²) in [5, 5.41) is 24.4. The third kappa shape index (κ3) is 7.75. The van der Waals surface area contributed by atoms with E-state index in [9.17, 15) is 29.4 Å². The molecule has 1 fully saturated rings. The monoisotopic (exact) mass is 443 g/mol. The van der Waals surface area contributed by atoms with Gasteiger partial charge in [-0.15, -0.1) is 0 Å². The second-order valence-electron chi connectivity index (χ2n) is 8.37. The third-order valence-corrected chi connectivity index (χ3v) is 5.47. The lowest BCUT2D eigenvalue weighted by molar-refractivity contribution is -0.146. The highest BCUT2D eigenvalue weighted by atomic mass is 16.4. The summed E-state index contributed by atoms with van der Waals surface area (Å²) in [6, 6.07) is -4.06. The Morgan fingerprint density at radius 2 is 1.77 bits per heavy atom. The van der Waals surface area contributed by atoms with E-state index in [1.807, 2.05) is 0 Å². The van der Waals surface area contributed by atoms with Crippen LogP contribution in [0.2, 0.25) is 0 Å². The zero-order valence-electron chi connectivity index (χ0n) is 18.5. The Kier molecular flexibility index (Phi) is 10.9. The van der Waals surface area contributed by atoms with Crippen LogP contribution in [0.3, 0.4) is 0 Å². The SMILES string of the molecule is CC(C)C(N)C(=O)NC(C(=O)N1CCCC1C(=O)NC(CCCCN)C(=O)O)C(C)O. The number of amides is 3. The Bertz CT molecular complexity index is 642. The van der Waals surface area contributed by atoms with Crippen LogP contribution in [0.5, 0.6) is 0 Å². The summed E-state index contributed by atoms with van der Waals surface area (Å²) in [6.07, 6.45) is 1.12. The van der Waals surface area contributed by atoms with Gasteiger partial charge in [-0.3, -0.25) is 14.4 Å². The number of carboxylic acids is 1. The van der Waals surface area contributed by atoms with Crippen molar-refractivity contribution < 1.29 is 29.4 Å². The highest BCUT2D eigenvalue weighted by molar-refractivity contribution is 5.94. The Morgan fingerprint density at radius 3 is 2.29 bits per heavy atom. The molecule has 178 valence electrons. The van der Waals surface area contributed by atoms with Crippen LogP contribution in [0.4, 0.5) is 0 Å². The van der Waals surface area contributed by atoms with Crippen LogP contribution in [-0.4, -0.2) is 82.2 Å². The lowest BCUT2D eigenvalue weighted by Gasteiger charge is -2.31. The molecule has 1 aliphatic heterocycles. The molecule has 1 saturated heterocycles. The fourth-order valence-electron chi connectivity index (χ4n) is 3.44. The van der Waals surface area contributed by atoms with Crippen LogP contribution in [0, 0.1) is 5.92 Å². The Hall–Kier alpha value is -2.24. The Morgan fingerprint density at radius 1 is 1.13 bits per heavy atom. The fraction of sp³-hybridized carbons (Fsp3) is 0.800. The molecule has 8 N–H and O–H groups in total. The van der Waals surface area contributed by atoms with Gasteiger partial charge in [0.2, 0.25) is 17.7 Å². The first-order valence-corrected chi connectivity index (χ1v) is 10.8. The summed E-state index contributed by atoms with van der Waals surface area (Å²) in [5.41, 5.74) is 11.3. The molecule has 11 heteroatoms. The molecule has 0 aliphatic carbocycles. The molecule has 1 rings (SSSR count). The maximum atomic E-state index is 13.1. The average Bonchev–Trinajstić information content (AvgIpc) is 3.19. The fourth-order valence-corrected chi connectivity index (χ4v) is 3.44. The van der Waals surface area contributed by atoms with Gasteiger partial charge in [-0.1, -0.05) is 13.8 Å². The summed E-state index contributed by atoms with van der Waals surface area (Å²) in [6.45, 7) is 5.58. The third-order valence-electron chi connectivity index (χ3n) is 5.47. The van der Waals surface area contributed by atoms with Crippen molar-refractivity contribution in [2.75, 3.05) is 13.1 Å². The number of hydrogen-bond donors (Lipinski definition) is 6. The highest BCUT2D eigenvalue weighted by Crippen LogP contribution is 2.20. The van der Waals surface area contributed by atoms with E-state index in [1.165, 1.54) is 11.8 Å². The number of nitrogens with zero attached hydrogens (tertiary/aromatic N) is 1. The number of nitrogens with two attached hydrogens (primary N) is 2. The van der Waals surface area contributed by atoms with E-state index in [2.05, 4.69) is 10.6 Å². The van der Waals surface area contributed by atoms with Crippen LogP contribution < -0.4 is 22.1 Å². The largest absolute Gasteiger partial charge is 0.480 e. The van der Waals surface area contributed by atoms with Crippen molar-refractivity contribution in [3.8, 4) is 0 Å². The van der Waals surface area contributed by atoms with Gasteiger partial charge < -0.3 is 37.2 Å². The number of nitrogens with one attached hydrogen (secondary N) is 2. The number of carboxylic acid groups (broad SMARTS) is 1. The molecule has 0 bridgehead atoms. The van der Waals surface area contributed by atoms with E-state index >= 15 is 0 Å². The Labute approximate surface area is 182 Å². The molecule has 31 heavy (non-hydrogen) atoms. The zero-order chi connectivity index (χ0) is 23.7. The number of unbranched alkanes of at least 4 members (excludes halogenated alkanes) is 1. The summed E-state index contributed by atoms with van der Waals surface area (Å²) in [7, 11) is 0. The van der Waals surface area contributed by atoms with Crippen molar-refractivity contribution in [3.05, 3.63) is 0 Å². The number of aliphatic hydroxyl groups excluding tert-OH is 1. The topological polar surface area (TPSA) is 188 Å². The Balaban J connectivity index is 2.88. The van der Waals surface area contributed by atoms with Crippen molar-refractivity contribution in [1.82, 2.24) is 15.5 Å². The molecule has 0 spiro atoms. The molecule has 0 radical (unpaired) electrons. The summed E-state index contributed by atoms with van der Waals surface area (Å²) < 4.78 is 0. The second-order valence-corrected chi connectivity index (χ2v) is 8.37. The van der Waals surface area contributed by atoms with Crippen LogP contribution >= 0.6 is 0 Å². The molecule has 0 saturated carbocycles. The molecule has 0 aromatic carbocycles.